The Balaban J connectivity index is 1.54. The zero-order valence-corrected chi connectivity index (χ0v) is 20.0. The van der Waals surface area contributed by atoms with Crippen molar-refractivity contribution in [3.8, 4) is 22.5 Å². The molecule has 0 radical (unpaired) electrons. The van der Waals surface area contributed by atoms with Crippen LogP contribution < -0.4 is 10.6 Å². The lowest BCUT2D eigenvalue weighted by Crippen LogP contribution is -2.24. The number of benzene rings is 2. The van der Waals surface area contributed by atoms with Crippen molar-refractivity contribution < 1.29 is 18.3 Å². The number of aliphatic hydroxyl groups is 1. The van der Waals surface area contributed by atoms with Gasteiger partial charge in [-0.2, -0.15) is 18.3 Å². The minimum absolute atomic E-state index is 0.195. The second kappa shape index (κ2) is 9.87. The van der Waals surface area contributed by atoms with Gasteiger partial charge in [-0.3, -0.25) is 0 Å². The van der Waals surface area contributed by atoms with Gasteiger partial charge in [-0.15, -0.1) is 0 Å². The fourth-order valence-corrected chi connectivity index (χ4v) is 4.27. The molecular formula is C26H24F3N5OS. The van der Waals surface area contributed by atoms with Crippen molar-refractivity contribution in [1.82, 2.24) is 19.9 Å². The number of anilines is 1. The molecule has 1 aliphatic rings. The van der Waals surface area contributed by atoms with E-state index < -0.39 is 12.6 Å². The van der Waals surface area contributed by atoms with E-state index >= 15 is 0 Å². The van der Waals surface area contributed by atoms with Gasteiger partial charge in [0, 0.05) is 29.3 Å². The highest BCUT2D eigenvalue weighted by atomic mass is 32.1. The molecule has 6 nitrogen and oxygen atoms in total. The predicted octanol–water partition coefficient (Wildman–Crippen LogP) is 5.35. The number of rotatable bonds is 8. The number of nitrogens with zero attached hydrogens (tertiary/aromatic N) is 3. The van der Waals surface area contributed by atoms with Crippen LogP contribution in [0.25, 0.3) is 28.2 Å². The molecule has 0 atom stereocenters. The van der Waals surface area contributed by atoms with Gasteiger partial charge < -0.3 is 15.7 Å². The van der Waals surface area contributed by atoms with Crippen LogP contribution in [0.1, 0.15) is 30.4 Å². The van der Waals surface area contributed by atoms with Crippen molar-refractivity contribution in [2.75, 3.05) is 11.9 Å². The van der Waals surface area contributed by atoms with Crippen molar-refractivity contribution in [2.45, 2.75) is 38.1 Å². The Bertz CT molecular complexity index is 1400. The molecule has 186 valence electrons. The number of hydrogen-bond acceptors (Lipinski definition) is 5. The molecule has 10 heteroatoms. The number of aromatic nitrogens is 3. The number of aliphatic hydroxyl groups excluding tert-OH is 1. The smallest absolute Gasteiger partial charge is 0.390 e. The highest BCUT2D eigenvalue weighted by Gasteiger charge is 2.26. The fraction of sp³-hybridized carbons (Fsp3) is 0.269. The molecule has 1 aliphatic carbocycles. The average Bonchev–Trinajstić information content (AvgIpc) is 3.58. The van der Waals surface area contributed by atoms with Gasteiger partial charge in [0.25, 0.3) is 0 Å². The zero-order valence-electron chi connectivity index (χ0n) is 19.2. The van der Waals surface area contributed by atoms with Crippen LogP contribution in [0.5, 0.6) is 0 Å². The summed E-state index contributed by atoms with van der Waals surface area (Å²) in [5, 5.41) is 20.8. The third-order valence-corrected chi connectivity index (χ3v) is 6.36. The fourth-order valence-electron chi connectivity index (χ4n) is 3.96. The lowest BCUT2D eigenvalue weighted by Gasteiger charge is -2.14. The molecule has 4 aromatic rings. The summed E-state index contributed by atoms with van der Waals surface area (Å²) in [5.41, 5.74) is 5.12. The standard InChI is InChI=1S/C26H24F3N5OS/c27-26(28,29)11-12-30-22-13-21(20-4-2-1-3-18(20)15-35)33-34-23(14-31-24(22)34)16-5-7-17(8-6-16)25(36)32-19-9-10-19/h1-8,13-14,19,30,35H,9-12,15H2,(H,32,36). The Morgan fingerprint density at radius 2 is 1.86 bits per heavy atom. The SMILES string of the molecule is OCc1ccccc1-c1cc(NCCC(F)(F)F)c2ncc(-c3ccc(C(=S)NC4CC4)cc3)n2n1. The van der Waals surface area contributed by atoms with E-state index in [1.807, 2.05) is 42.5 Å². The van der Waals surface area contributed by atoms with E-state index in [1.54, 1.807) is 22.8 Å². The number of hydrogen-bond donors (Lipinski definition) is 3. The van der Waals surface area contributed by atoms with Crippen LogP contribution >= 0.6 is 12.2 Å². The summed E-state index contributed by atoms with van der Waals surface area (Å²) in [5.74, 6) is 0. The zero-order chi connectivity index (χ0) is 25.3. The molecule has 0 amide bonds. The highest BCUT2D eigenvalue weighted by molar-refractivity contribution is 7.80. The molecule has 0 unspecified atom stereocenters. The third kappa shape index (κ3) is 5.34. The molecule has 2 heterocycles. The maximum absolute atomic E-state index is 12.8. The van der Waals surface area contributed by atoms with Crippen LogP contribution in [-0.4, -0.2) is 43.5 Å². The molecule has 5 rings (SSSR count). The first-order valence-electron chi connectivity index (χ1n) is 11.6. The number of nitrogens with one attached hydrogen (secondary N) is 2. The van der Waals surface area contributed by atoms with Gasteiger partial charge in [-0.25, -0.2) is 9.50 Å². The Hall–Kier alpha value is -3.50. The van der Waals surface area contributed by atoms with Gasteiger partial charge in [0.15, 0.2) is 5.65 Å². The number of imidazole rings is 1. The van der Waals surface area contributed by atoms with Crippen molar-refractivity contribution in [1.29, 1.82) is 0 Å². The second-order valence-corrected chi connectivity index (χ2v) is 9.16. The Labute approximate surface area is 211 Å². The van der Waals surface area contributed by atoms with Crippen LogP contribution in [-0.2, 0) is 6.61 Å². The van der Waals surface area contributed by atoms with Gasteiger partial charge in [-0.05, 0) is 24.5 Å². The van der Waals surface area contributed by atoms with E-state index in [2.05, 4.69) is 15.6 Å². The van der Waals surface area contributed by atoms with Gasteiger partial charge in [-0.1, -0.05) is 60.7 Å². The van der Waals surface area contributed by atoms with E-state index in [4.69, 9.17) is 17.3 Å². The van der Waals surface area contributed by atoms with Crippen LogP contribution in [0.2, 0.25) is 0 Å². The first-order valence-corrected chi connectivity index (χ1v) is 12.0. The number of alkyl halides is 3. The number of thiocarbonyl (C=S) groups is 1. The predicted molar refractivity (Wildman–Crippen MR) is 137 cm³/mol. The van der Waals surface area contributed by atoms with E-state index in [9.17, 15) is 18.3 Å². The largest absolute Gasteiger partial charge is 0.392 e. The van der Waals surface area contributed by atoms with Crippen LogP contribution in [0.3, 0.4) is 0 Å². The molecule has 0 spiro atoms. The second-order valence-electron chi connectivity index (χ2n) is 8.75. The minimum Gasteiger partial charge on any atom is -0.392 e. The van der Waals surface area contributed by atoms with E-state index in [0.29, 0.717) is 44.9 Å². The summed E-state index contributed by atoms with van der Waals surface area (Å²) in [6.45, 7) is -0.494. The number of halogens is 3. The molecule has 3 N–H and O–H groups in total. The van der Waals surface area contributed by atoms with Crippen molar-refractivity contribution in [3.63, 3.8) is 0 Å². The monoisotopic (exact) mass is 511 g/mol. The quantitative estimate of drug-likeness (QED) is 0.277. The lowest BCUT2D eigenvalue weighted by atomic mass is 10.0. The summed E-state index contributed by atoms with van der Waals surface area (Å²) < 4.78 is 40.0. The maximum atomic E-state index is 12.8. The molecule has 2 aromatic carbocycles. The van der Waals surface area contributed by atoms with E-state index in [0.717, 1.165) is 24.0 Å². The maximum Gasteiger partial charge on any atom is 0.390 e. The van der Waals surface area contributed by atoms with E-state index in [-0.39, 0.29) is 13.2 Å². The normalized spacial score (nSPS) is 13.7. The van der Waals surface area contributed by atoms with E-state index in [1.165, 1.54) is 0 Å². The van der Waals surface area contributed by atoms with Crippen LogP contribution in [0, 0.1) is 0 Å². The molecule has 1 fully saturated rings. The summed E-state index contributed by atoms with van der Waals surface area (Å²) in [6.07, 6.45) is -1.35. The summed E-state index contributed by atoms with van der Waals surface area (Å²) in [4.78, 5) is 5.17. The van der Waals surface area contributed by atoms with Crippen molar-refractivity contribution >= 4 is 28.5 Å². The Morgan fingerprint density at radius 1 is 1.11 bits per heavy atom. The first kappa shape index (κ1) is 24.2. The number of fused-ring (bicyclic) bond motifs is 1. The Kier molecular flexibility index (Phi) is 6.63. The molecule has 0 saturated heterocycles. The Morgan fingerprint density at radius 3 is 2.56 bits per heavy atom. The van der Waals surface area contributed by atoms with Gasteiger partial charge >= 0.3 is 6.18 Å². The highest BCUT2D eigenvalue weighted by Crippen LogP contribution is 2.30. The molecular weight excluding hydrogens is 487 g/mol. The van der Waals surface area contributed by atoms with Crippen LogP contribution in [0.15, 0.2) is 60.8 Å². The molecule has 0 aliphatic heterocycles. The van der Waals surface area contributed by atoms with Gasteiger partial charge in [0.05, 0.1) is 36.3 Å². The summed E-state index contributed by atoms with van der Waals surface area (Å²) in [7, 11) is 0. The van der Waals surface area contributed by atoms with Crippen molar-refractivity contribution in [3.05, 3.63) is 71.9 Å². The van der Waals surface area contributed by atoms with Crippen molar-refractivity contribution in [2.24, 2.45) is 0 Å². The molecule has 36 heavy (non-hydrogen) atoms. The van der Waals surface area contributed by atoms with Gasteiger partial charge in [0.2, 0.25) is 0 Å². The molecule has 0 bridgehead atoms. The summed E-state index contributed by atoms with van der Waals surface area (Å²) in [6, 6.07) is 17.1. The first-order chi connectivity index (χ1) is 17.3. The summed E-state index contributed by atoms with van der Waals surface area (Å²) >= 11 is 5.49. The molecule has 2 aromatic heterocycles. The minimum atomic E-state index is -4.28. The van der Waals surface area contributed by atoms with Crippen LogP contribution in [0.4, 0.5) is 18.9 Å². The topological polar surface area (TPSA) is 74.5 Å². The third-order valence-electron chi connectivity index (χ3n) is 6.01. The lowest BCUT2D eigenvalue weighted by molar-refractivity contribution is -0.131. The average molecular weight is 512 g/mol. The van der Waals surface area contributed by atoms with Gasteiger partial charge in [0.1, 0.15) is 4.99 Å². The molecule has 1 saturated carbocycles.